The second kappa shape index (κ2) is 9.84. The van der Waals surface area contributed by atoms with Crippen LogP contribution in [0.25, 0.3) is 0 Å². The SMILES string of the molecule is CC(C)=NCCCNCCCN=C(C)C. The van der Waals surface area contributed by atoms with Gasteiger partial charge in [-0.05, 0) is 53.6 Å². The van der Waals surface area contributed by atoms with Gasteiger partial charge in [-0.2, -0.15) is 0 Å². The van der Waals surface area contributed by atoms with E-state index in [-0.39, 0.29) is 0 Å². The van der Waals surface area contributed by atoms with E-state index in [0.29, 0.717) is 0 Å². The number of rotatable bonds is 8. The van der Waals surface area contributed by atoms with E-state index < -0.39 is 0 Å². The first kappa shape index (κ1) is 14.3. The van der Waals surface area contributed by atoms with Gasteiger partial charge in [0.05, 0.1) is 0 Å². The molecule has 3 heteroatoms. The van der Waals surface area contributed by atoms with E-state index in [0.717, 1.165) is 39.0 Å². The molecule has 0 spiro atoms. The Bertz CT molecular complexity index is 177. The van der Waals surface area contributed by atoms with E-state index in [9.17, 15) is 0 Å². The van der Waals surface area contributed by atoms with Gasteiger partial charge in [-0.15, -0.1) is 0 Å². The van der Waals surface area contributed by atoms with E-state index in [2.05, 4.69) is 15.3 Å². The van der Waals surface area contributed by atoms with Gasteiger partial charge in [0.15, 0.2) is 0 Å². The van der Waals surface area contributed by atoms with Gasteiger partial charge in [0.2, 0.25) is 0 Å². The molecule has 0 saturated carbocycles. The fourth-order valence-electron chi connectivity index (χ4n) is 1.14. The van der Waals surface area contributed by atoms with Gasteiger partial charge < -0.3 is 5.32 Å². The first-order chi connectivity index (χ1) is 7.13. The molecule has 0 aliphatic rings. The predicted molar refractivity (Wildman–Crippen MR) is 69.4 cm³/mol. The van der Waals surface area contributed by atoms with Crippen molar-refractivity contribution in [2.24, 2.45) is 9.98 Å². The number of aliphatic imine (C=N–C) groups is 2. The van der Waals surface area contributed by atoms with Gasteiger partial charge in [-0.3, -0.25) is 9.98 Å². The number of nitrogens with zero attached hydrogens (tertiary/aromatic N) is 2. The molecule has 0 saturated heterocycles. The second-order valence-electron chi connectivity index (χ2n) is 4.11. The van der Waals surface area contributed by atoms with Crippen molar-refractivity contribution in [1.82, 2.24) is 5.32 Å². The Morgan fingerprint density at radius 2 is 1.20 bits per heavy atom. The molecule has 3 nitrogen and oxygen atoms in total. The van der Waals surface area contributed by atoms with Crippen molar-refractivity contribution in [3.05, 3.63) is 0 Å². The monoisotopic (exact) mass is 211 g/mol. The van der Waals surface area contributed by atoms with Crippen LogP contribution in [0, 0.1) is 0 Å². The number of hydrogen-bond donors (Lipinski definition) is 1. The van der Waals surface area contributed by atoms with Crippen LogP contribution in [0.1, 0.15) is 40.5 Å². The summed E-state index contributed by atoms with van der Waals surface area (Å²) in [5.41, 5.74) is 2.34. The first-order valence-corrected chi connectivity index (χ1v) is 5.79. The lowest BCUT2D eigenvalue weighted by atomic mass is 10.3. The Labute approximate surface area is 94.1 Å². The maximum absolute atomic E-state index is 4.34. The van der Waals surface area contributed by atoms with Crippen molar-refractivity contribution < 1.29 is 0 Å². The lowest BCUT2D eigenvalue weighted by Crippen LogP contribution is -2.18. The molecule has 0 radical (unpaired) electrons. The van der Waals surface area contributed by atoms with Gasteiger partial charge in [0, 0.05) is 24.5 Å². The summed E-state index contributed by atoms with van der Waals surface area (Å²) >= 11 is 0. The normalized spacial score (nSPS) is 9.87. The lowest BCUT2D eigenvalue weighted by Gasteiger charge is -2.02. The molecule has 0 heterocycles. The Balaban J connectivity index is 3.12. The minimum Gasteiger partial charge on any atom is -0.317 e. The molecule has 1 N–H and O–H groups in total. The Morgan fingerprint density at radius 1 is 0.800 bits per heavy atom. The molecule has 0 unspecified atom stereocenters. The molecule has 15 heavy (non-hydrogen) atoms. The van der Waals surface area contributed by atoms with Crippen molar-refractivity contribution in [1.29, 1.82) is 0 Å². The molecule has 0 aliphatic carbocycles. The molecule has 0 amide bonds. The largest absolute Gasteiger partial charge is 0.317 e. The Hall–Kier alpha value is -0.700. The fraction of sp³-hybridized carbons (Fsp3) is 0.833. The lowest BCUT2D eigenvalue weighted by molar-refractivity contribution is 0.632. The summed E-state index contributed by atoms with van der Waals surface area (Å²) in [6.45, 7) is 12.2. The molecule has 0 aromatic rings. The van der Waals surface area contributed by atoms with Gasteiger partial charge >= 0.3 is 0 Å². The van der Waals surface area contributed by atoms with Gasteiger partial charge in [0.25, 0.3) is 0 Å². The quantitative estimate of drug-likeness (QED) is 0.485. The minimum atomic E-state index is 0.946. The summed E-state index contributed by atoms with van der Waals surface area (Å²) in [7, 11) is 0. The topological polar surface area (TPSA) is 36.8 Å². The smallest absolute Gasteiger partial charge is 0.0400 e. The Morgan fingerprint density at radius 3 is 1.53 bits per heavy atom. The van der Waals surface area contributed by atoms with Crippen molar-refractivity contribution in [3.63, 3.8) is 0 Å². The maximum Gasteiger partial charge on any atom is 0.0400 e. The van der Waals surface area contributed by atoms with Crippen LogP contribution in [-0.2, 0) is 0 Å². The molecule has 0 fully saturated rings. The highest BCUT2D eigenvalue weighted by atomic mass is 14.9. The van der Waals surface area contributed by atoms with Crippen molar-refractivity contribution >= 4 is 11.4 Å². The van der Waals surface area contributed by atoms with Crippen LogP contribution >= 0.6 is 0 Å². The average molecular weight is 211 g/mol. The fourth-order valence-corrected chi connectivity index (χ4v) is 1.14. The van der Waals surface area contributed by atoms with E-state index in [1.807, 2.05) is 27.7 Å². The minimum absolute atomic E-state index is 0.946. The molecule has 0 atom stereocenters. The molecule has 0 rings (SSSR count). The third-order valence-electron chi connectivity index (χ3n) is 1.88. The zero-order valence-electron chi connectivity index (χ0n) is 10.6. The molecule has 0 bridgehead atoms. The number of hydrogen-bond acceptors (Lipinski definition) is 3. The maximum atomic E-state index is 4.34. The van der Waals surface area contributed by atoms with Crippen LogP contribution in [0.4, 0.5) is 0 Å². The molecular formula is C12H25N3. The first-order valence-electron chi connectivity index (χ1n) is 5.79. The summed E-state index contributed by atoms with van der Waals surface area (Å²) in [5, 5.41) is 3.39. The van der Waals surface area contributed by atoms with Crippen LogP contribution < -0.4 is 5.32 Å². The molecule has 0 aromatic carbocycles. The predicted octanol–water partition coefficient (Wildman–Crippen LogP) is 2.32. The number of nitrogens with one attached hydrogen (secondary N) is 1. The van der Waals surface area contributed by atoms with Crippen LogP contribution in [0.15, 0.2) is 9.98 Å². The molecule has 88 valence electrons. The Kier molecular flexibility index (Phi) is 9.38. The summed E-state index contributed by atoms with van der Waals surface area (Å²) in [4.78, 5) is 8.67. The highest BCUT2D eigenvalue weighted by Crippen LogP contribution is 1.84. The zero-order chi connectivity index (χ0) is 11.5. The molecule has 0 aliphatic heterocycles. The average Bonchev–Trinajstić information content (AvgIpc) is 2.14. The van der Waals surface area contributed by atoms with E-state index >= 15 is 0 Å². The third kappa shape index (κ3) is 13.3. The van der Waals surface area contributed by atoms with Crippen molar-refractivity contribution in [3.8, 4) is 0 Å². The van der Waals surface area contributed by atoms with Gasteiger partial charge in [-0.1, -0.05) is 0 Å². The zero-order valence-corrected chi connectivity index (χ0v) is 10.6. The van der Waals surface area contributed by atoms with E-state index in [1.165, 1.54) is 11.4 Å². The summed E-state index contributed by atoms with van der Waals surface area (Å²) < 4.78 is 0. The molecule has 0 aromatic heterocycles. The van der Waals surface area contributed by atoms with Crippen LogP contribution in [-0.4, -0.2) is 37.6 Å². The highest BCUT2D eigenvalue weighted by molar-refractivity contribution is 5.79. The van der Waals surface area contributed by atoms with Crippen molar-refractivity contribution in [2.45, 2.75) is 40.5 Å². The van der Waals surface area contributed by atoms with Crippen molar-refractivity contribution in [2.75, 3.05) is 26.2 Å². The summed E-state index contributed by atoms with van der Waals surface area (Å²) in [6.07, 6.45) is 2.25. The van der Waals surface area contributed by atoms with Crippen LogP contribution in [0.2, 0.25) is 0 Å². The van der Waals surface area contributed by atoms with E-state index in [4.69, 9.17) is 0 Å². The highest BCUT2D eigenvalue weighted by Gasteiger charge is 1.88. The van der Waals surface area contributed by atoms with E-state index in [1.54, 1.807) is 0 Å². The van der Waals surface area contributed by atoms with Gasteiger partial charge in [0.1, 0.15) is 0 Å². The summed E-state index contributed by atoms with van der Waals surface area (Å²) in [6, 6.07) is 0. The molecular weight excluding hydrogens is 186 g/mol. The standard InChI is InChI=1S/C12H25N3/c1-11(2)14-9-5-7-13-8-6-10-15-12(3)4/h13H,5-10H2,1-4H3. The second-order valence-corrected chi connectivity index (χ2v) is 4.11. The van der Waals surface area contributed by atoms with Gasteiger partial charge in [-0.25, -0.2) is 0 Å². The van der Waals surface area contributed by atoms with Crippen LogP contribution in [0.5, 0.6) is 0 Å². The van der Waals surface area contributed by atoms with Crippen LogP contribution in [0.3, 0.4) is 0 Å². The third-order valence-corrected chi connectivity index (χ3v) is 1.88. The summed E-state index contributed by atoms with van der Waals surface area (Å²) in [5.74, 6) is 0.